The maximum Gasteiger partial charge on any atom is 0.218 e. The van der Waals surface area contributed by atoms with Gasteiger partial charge in [-0.15, -0.1) is 0 Å². The summed E-state index contributed by atoms with van der Waals surface area (Å²) >= 11 is 4.20. The monoisotopic (exact) mass is 577 g/mol. The van der Waals surface area contributed by atoms with Gasteiger partial charge in [-0.2, -0.15) is 0 Å². The summed E-state index contributed by atoms with van der Waals surface area (Å²) in [6.45, 7) is 2.70. The lowest BCUT2D eigenvalue weighted by atomic mass is 10.1. The van der Waals surface area contributed by atoms with Crippen molar-refractivity contribution in [2.75, 3.05) is 6.54 Å². The Balaban J connectivity index is 2.13. The van der Waals surface area contributed by atoms with Crippen LogP contribution in [0.3, 0.4) is 0 Å². The van der Waals surface area contributed by atoms with Crippen LogP contribution in [0.5, 0.6) is 0 Å². The number of Topliss-reactive ketones (excluding diaryl/α,β-unsaturated/α-hetero) is 1. The van der Waals surface area contributed by atoms with Gasteiger partial charge in [-0.3, -0.25) is 4.79 Å². The summed E-state index contributed by atoms with van der Waals surface area (Å²) in [4.78, 5) is 15.0. The molecule has 0 N–H and O–H groups in total. The molecule has 0 radical (unpaired) electrons. The van der Waals surface area contributed by atoms with Crippen LogP contribution in [0, 0.1) is 11.6 Å². The van der Waals surface area contributed by atoms with Crippen LogP contribution in [0.2, 0.25) is 0 Å². The maximum atomic E-state index is 13.3. The molecule has 3 rings (SSSR count). The fourth-order valence-corrected chi connectivity index (χ4v) is 4.61. The molecule has 1 heterocycles. The van der Waals surface area contributed by atoms with Crippen LogP contribution in [0.1, 0.15) is 24.5 Å². The number of allylic oxidation sites excluding steroid dienone is 1. The Morgan fingerprint density at radius 2 is 1.54 bits per heavy atom. The van der Waals surface area contributed by atoms with Gasteiger partial charge in [0.25, 0.3) is 0 Å². The van der Waals surface area contributed by atoms with Gasteiger partial charge < -0.3 is 4.90 Å². The Kier molecular flexibility index (Phi) is 6.11. The lowest BCUT2D eigenvalue weighted by molar-refractivity contribution is -0.111. The molecular weight excluding hydrogens is 562 g/mol. The summed E-state index contributed by atoms with van der Waals surface area (Å²) in [7, 11) is 0. The zero-order chi connectivity index (χ0) is 18.8. The number of ketones is 1. The molecule has 0 atom stereocenters. The van der Waals surface area contributed by atoms with Crippen molar-refractivity contribution in [1.82, 2.24) is 4.90 Å². The number of halogens is 4. The van der Waals surface area contributed by atoms with E-state index in [4.69, 9.17) is 0 Å². The van der Waals surface area contributed by atoms with Gasteiger partial charge in [0, 0.05) is 10.1 Å². The van der Waals surface area contributed by atoms with Crippen LogP contribution in [-0.2, 0) is 4.79 Å². The second-order valence-electron chi connectivity index (χ2n) is 5.82. The minimum absolute atomic E-state index is 0.0629. The number of carbonyl (C=O) groups excluding carboxylic acids is 1. The third-order valence-corrected chi connectivity index (χ3v) is 6.17. The lowest BCUT2D eigenvalue weighted by Gasteiger charge is -2.24. The SMILES string of the molecule is CCCN1C(c2ccc(F)cc2)=C(I)C(=O)/C1=C(\I)c1ccc(F)cc1. The van der Waals surface area contributed by atoms with Crippen molar-refractivity contribution in [2.45, 2.75) is 13.3 Å². The number of nitrogens with zero attached hydrogens (tertiary/aromatic N) is 1. The first-order valence-electron chi connectivity index (χ1n) is 8.07. The van der Waals surface area contributed by atoms with E-state index < -0.39 is 0 Å². The minimum Gasteiger partial charge on any atom is -0.336 e. The Labute approximate surface area is 178 Å². The van der Waals surface area contributed by atoms with E-state index in [1.807, 2.05) is 11.8 Å². The second-order valence-corrected chi connectivity index (χ2v) is 7.98. The van der Waals surface area contributed by atoms with Crippen LogP contribution < -0.4 is 0 Å². The Morgan fingerprint density at radius 1 is 1.00 bits per heavy atom. The average molecular weight is 577 g/mol. The molecule has 2 aromatic carbocycles. The molecule has 26 heavy (non-hydrogen) atoms. The molecule has 0 saturated heterocycles. The number of benzene rings is 2. The molecule has 0 saturated carbocycles. The van der Waals surface area contributed by atoms with E-state index in [1.165, 1.54) is 24.3 Å². The van der Waals surface area contributed by atoms with Gasteiger partial charge >= 0.3 is 0 Å². The van der Waals surface area contributed by atoms with E-state index in [2.05, 4.69) is 45.2 Å². The van der Waals surface area contributed by atoms with Gasteiger partial charge in [-0.25, -0.2) is 8.78 Å². The van der Waals surface area contributed by atoms with Gasteiger partial charge in [-0.1, -0.05) is 19.1 Å². The van der Waals surface area contributed by atoms with Crippen molar-refractivity contribution in [3.05, 3.63) is 80.6 Å². The Bertz CT molecular complexity index is 902. The first kappa shape index (κ1) is 19.5. The highest BCUT2D eigenvalue weighted by molar-refractivity contribution is 14.1. The number of carbonyl (C=O) groups is 1. The van der Waals surface area contributed by atoms with Crippen molar-refractivity contribution in [2.24, 2.45) is 0 Å². The van der Waals surface area contributed by atoms with Gasteiger partial charge in [0.2, 0.25) is 5.78 Å². The predicted molar refractivity (Wildman–Crippen MR) is 117 cm³/mol. The molecule has 0 unspecified atom stereocenters. The highest BCUT2D eigenvalue weighted by Gasteiger charge is 2.36. The van der Waals surface area contributed by atoms with E-state index in [0.29, 0.717) is 15.8 Å². The van der Waals surface area contributed by atoms with Gasteiger partial charge in [0.1, 0.15) is 17.3 Å². The summed E-state index contributed by atoms with van der Waals surface area (Å²) in [6, 6.07) is 12.3. The molecule has 0 fully saturated rings. The van der Waals surface area contributed by atoms with Crippen molar-refractivity contribution >= 4 is 60.2 Å². The predicted octanol–water partition coefficient (Wildman–Crippen LogP) is 6.17. The van der Waals surface area contributed by atoms with Crippen molar-refractivity contribution in [3.8, 4) is 0 Å². The van der Waals surface area contributed by atoms with Crippen LogP contribution in [0.25, 0.3) is 9.28 Å². The smallest absolute Gasteiger partial charge is 0.218 e. The maximum absolute atomic E-state index is 13.3. The number of hydrogen-bond acceptors (Lipinski definition) is 2. The van der Waals surface area contributed by atoms with Crippen molar-refractivity contribution in [3.63, 3.8) is 0 Å². The third kappa shape index (κ3) is 3.71. The number of rotatable bonds is 4. The zero-order valence-corrected chi connectivity index (χ0v) is 18.2. The molecular formula is C20H15F2I2NO. The molecule has 2 aromatic rings. The van der Waals surface area contributed by atoms with E-state index >= 15 is 0 Å². The van der Waals surface area contributed by atoms with Crippen molar-refractivity contribution in [1.29, 1.82) is 0 Å². The van der Waals surface area contributed by atoms with Gasteiger partial charge in [0.15, 0.2) is 0 Å². The largest absolute Gasteiger partial charge is 0.336 e. The third-order valence-electron chi connectivity index (χ3n) is 4.03. The summed E-state index contributed by atoms with van der Waals surface area (Å²) < 4.78 is 27.9. The van der Waals surface area contributed by atoms with E-state index in [0.717, 1.165) is 26.8 Å². The van der Waals surface area contributed by atoms with Gasteiger partial charge in [-0.05, 0) is 99.1 Å². The molecule has 0 aliphatic carbocycles. The standard InChI is InChI=1S/C20H15F2I2NO/c1-2-11-25-18(13-5-9-15(22)10-6-13)17(24)20(26)19(25)16(23)12-3-7-14(21)8-4-12/h3-10H,2,11H2,1H3/b19-16+. The minimum atomic E-state index is -0.314. The molecule has 0 amide bonds. The first-order valence-corrected chi connectivity index (χ1v) is 10.2. The summed E-state index contributed by atoms with van der Waals surface area (Å²) in [5.41, 5.74) is 2.98. The fourth-order valence-electron chi connectivity index (χ4n) is 2.85. The molecule has 0 aromatic heterocycles. The number of hydrogen-bond donors (Lipinski definition) is 0. The molecule has 2 nitrogen and oxygen atoms in total. The molecule has 0 bridgehead atoms. The Hall–Kier alpha value is -1.29. The van der Waals surface area contributed by atoms with E-state index in [1.54, 1.807) is 24.3 Å². The van der Waals surface area contributed by atoms with Gasteiger partial charge in [0.05, 0.1) is 9.28 Å². The average Bonchev–Trinajstić information content (AvgIpc) is 2.87. The highest BCUT2D eigenvalue weighted by atomic mass is 127. The normalized spacial score (nSPS) is 16.5. The second kappa shape index (κ2) is 8.16. The molecule has 6 heteroatoms. The summed E-state index contributed by atoms with van der Waals surface area (Å²) in [5.74, 6) is -0.690. The molecule has 134 valence electrons. The first-order chi connectivity index (χ1) is 12.4. The van der Waals surface area contributed by atoms with Crippen molar-refractivity contribution < 1.29 is 13.6 Å². The molecule has 0 spiro atoms. The van der Waals surface area contributed by atoms with E-state index in [9.17, 15) is 13.6 Å². The molecule has 1 aliphatic rings. The van der Waals surface area contributed by atoms with Crippen LogP contribution >= 0.6 is 45.2 Å². The summed E-state index contributed by atoms with van der Waals surface area (Å²) in [6.07, 6.45) is 0.846. The molecule has 1 aliphatic heterocycles. The lowest BCUT2D eigenvalue weighted by Crippen LogP contribution is -2.21. The summed E-state index contributed by atoms with van der Waals surface area (Å²) in [5, 5.41) is 0. The van der Waals surface area contributed by atoms with E-state index in [-0.39, 0.29) is 17.4 Å². The zero-order valence-electron chi connectivity index (χ0n) is 13.9. The topological polar surface area (TPSA) is 20.3 Å². The Morgan fingerprint density at radius 3 is 2.08 bits per heavy atom. The quantitative estimate of drug-likeness (QED) is 0.321. The van der Waals surface area contributed by atoms with Crippen LogP contribution in [0.4, 0.5) is 8.78 Å². The highest BCUT2D eigenvalue weighted by Crippen LogP contribution is 2.43. The fraction of sp³-hybridized carbons (Fsp3) is 0.150. The van der Waals surface area contributed by atoms with Crippen LogP contribution in [0.15, 0.2) is 57.8 Å². The van der Waals surface area contributed by atoms with Crippen LogP contribution in [-0.4, -0.2) is 17.2 Å².